The Balaban J connectivity index is 1.91. The number of piperidine rings is 1. The van der Waals surface area contributed by atoms with Crippen LogP contribution in [0.15, 0.2) is 18.2 Å². The first-order valence-corrected chi connectivity index (χ1v) is 6.61. The third-order valence-electron chi connectivity index (χ3n) is 3.68. The Labute approximate surface area is 112 Å². The number of hydrogen-bond acceptors (Lipinski definition) is 3. The Morgan fingerprint density at radius 2 is 2.32 bits per heavy atom. The number of anilines is 1. The van der Waals surface area contributed by atoms with Crippen molar-refractivity contribution in [3.05, 3.63) is 29.6 Å². The molecule has 0 saturated carbocycles. The molecule has 1 aliphatic heterocycles. The highest BCUT2D eigenvalue weighted by Crippen LogP contribution is 2.15. The molecule has 1 atom stereocenters. The van der Waals surface area contributed by atoms with E-state index >= 15 is 0 Å². The first-order valence-electron chi connectivity index (χ1n) is 6.61. The lowest BCUT2D eigenvalue weighted by Gasteiger charge is -2.32. The summed E-state index contributed by atoms with van der Waals surface area (Å²) in [6, 6.07) is 4.50. The number of carbonyl (C=O) groups is 1. The third-order valence-corrected chi connectivity index (χ3v) is 3.68. The van der Waals surface area contributed by atoms with E-state index in [2.05, 4.69) is 17.3 Å². The predicted molar refractivity (Wildman–Crippen MR) is 73.4 cm³/mol. The van der Waals surface area contributed by atoms with Crippen LogP contribution in [0, 0.1) is 5.82 Å². The van der Waals surface area contributed by atoms with Gasteiger partial charge in [0.1, 0.15) is 5.82 Å². The van der Waals surface area contributed by atoms with Crippen molar-refractivity contribution in [2.45, 2.75) is 25.3 Å². The number of rotatable bonds is 3. The van der Waals surface area contributed by atoms with Crippen LogP contribution in [0.5, 0.6) is 0 Å². The monoisotopic (exact) mass is 265 g/mol. The minimum Gasteiger partial charge on any atom is -0.396 e. The van der Waals surface area contributed by atoms with Crippen molar-refractivity contribution in [1.29, 1.82) is 0 Å². The molecule has 0 spiro atoms. The molecule has 5 heteroatoms. The van der Waals surface area contributed by atoms with Gasteiger partial charge >= 0.3 is 0 Å². The van der Waals surface area contributed by atoms with Gasteiger partial charge in [-0.15, -0.1) is 0 Å². The second-order valence-electron chi connectivity index (χ2n) is 5.08. The van der Waals surface area contributed by atoms with Crippen LogP contribution in [-0.2, 0) is 0 Å². The quantitative estimate of drug-likeness (QED) is 0.817. The van der Waals surface area contributed by atoms with Crippen LogP contribution in [0.1, 0.15) is 29.6 Å². The fraction of sp³-hybridized carbons (Fsp3) is 0.500. The second kappa shape index (κ2) is 6.02. The van der Waals surface area contributed by atoms with Gasteiger partial charge in [-0.3, -0.25) is 4.79 Å². The summed E-state index contributed by atoms with van der Waals surface area (Å²) in [5.74, 6) is -0.805. The molecule has 1 aliphatic rings. The van der Waals surface area contributed by atoms with Gasteiger partial charge < -0.3 is 16.0 Å². The van der Waals surface area contributed by atoms with E-state index in [1.54, 1.807) is 6.07 Å². The van der Waals surface area contributed by atoms with Gasteiger partial charge in [0.15, 0.2) is 0 Å². The summed E-state index contributed by atoms with van der Waals surface area (Å²) in [6.45, 7) is 1.67. The van der Waals surface area contributed by atoms with E-state index in [9.17, 15) is 9.18 Å². The Hall–Kier alpha value is -1.62. The molecule has 1 aromatic carbocycles. The molecule has 1 heterocycles. The number of amides is 1. The molecule has 19 heavy (non-hydrogen) atoms. The number of halogens is 1. The maximum Gasteiger partial charge on any atom is 0.251 e. The molecule has 1 aromatic rings. The van der Waals surface area contributed by atoms with Gasteiger partial charge in [-0.2, -0.15) is 0 Å². The molecule has 1 saturated heterocycles. The standard InChI is InChI=1S/C14H20FN3O/c1-18-7-3-2-4-11(18)9-17-14(19)10-5-6-13(16)12(15)8-10/h5-6,8,11H,2-4,7,9,16H2,1H3,(H,17,19). The topological polar surface area (TPSA) is 58.4 Å². The van der Waals surface area contributed by atoms with Crippen LogP contribution < -0.4 is 11.1 Å². The minimum absolute atomic E-state index is 0.0589. The maximum absolute atomic E-state index is 13.3. The van der Waals surface area contributed by atoms with Crippen molar-refractivity contribution in [1.82, 2.24) is 10.2 Å². The summed E-state index contributed by atoms with van der Waals surface area (Å²) in [7, 11) is 2.07. The van der Waals surface area contributed by atoms with Gasteiger partial charge in [-0.05, 0) is 44.6 Å². The van der Waals surface area contributed by atoms with Gasteiger partial charge in [0.25, 0.3) is 5.91 Å². The summed E-state index contributed by atoms with van der Waals surface area (Å²) in [4.78, 5) is 14.2. The molecule has 1 fully saturated rings. The number of nitrogen functional groups attached to an aromatic ring is 1. The van der Waals surface area contributed by atoms with Gasteiger partial charge in [-0.1, -0.05) is 6.42 Å². The number of nitrogens with two attached hydrogens (primary N) is 1. The molecular formula is C14H20FN3O. The molecule has 0 aromatic heterocycles. The Bertz CT molecular complexity index is 464. The molecule has 3 N–H and O–H groups in total. The zero-order valence-electron chi connectivity index (χ0n) is 11.2. The number of nitrogens with one attached hydrogen (secondary N) is 1. The molecule has 1 amide bonds. The minimum atomic E-state index is -0.553. The number of carbonyl (C=O) groups excluding carboxylic acids is 1. The van der Waals surface area contributed by atoms with E-state index in [1.807, 2.05) is 0 Å². The van der Waals surface area contributed by atoms with Crippen molar-refractivity contribution < 1.29 is 9.18 Å². The highest BCUT2D eigenvalue weighted by molar-refractivity contribution is 5.94. The molecule has 104 valence electrons. The zero-order valence-corrected chi connectivity index (χ0v) is 11.2. The third kappa shape index (κ3) is 3.44. The first-order chi connectivity index (χ1) is 9.08. The fourth-order valence-electron chi connectivity index (χ4n) is 2.38. The average Bonchev–Trinajstić information content (AvgIpc) is 2.40. The lowest BCUT2D eigenvalue weighted by molar-refractivity contribution is 0.0928. The predicted octanol–water partition coefficient (Wildman–Crippen LogP) is 1.62. The number of nitrogens with zero attached hydrogens (tertiary/aromatic N) is 1. The smallest absolute Gasteiger partial charge is 0.251 e. The van der Waals surface area contributed by atoms with E-state index in [1.165, 1.54) is 25.0 Å². The van der Waals surface area contributed by atoms with Crippen molar-refractivity contribution in [3.8, 4) is 0 Å². The van der Waals surface area contributed by atoms with E-state index < -0.39 is 5.82 Å². The first kappa shape index (κ1) is 13.8. The van der Waals surface area contributed by atoms with Gasteiger partial charge in [0.2, 0.25) is 0 Å². The van der Waals surface area contributed by atoms with Gasteiger partial charge in [0, 0.05) is 18.2 Å². The van der Waals surface area contributed by atoms with Gasteiger partial charge in [-0.25, -0.2) is 4.39 Å². The summed E-state index contributed by atoms with van der Waals surface area (Å²) < 4.78 is 13.3. The van der Waals surface area contributed by atoms with Crippen molar-refractivity contribution >= 4 is 11.6 Å². The lowest BCUT2D eigenvalue weighted by atomic mass is 10.0. The average molecular weight is 265 g/mol. The van der Waals surface area contributed by atoms with Crippen LogP contribution in [0.25, 0.3) is 0 Å². The van der Waals surface area contributed by atoms with Crippen LogP contribution in [0.4, 0.5) is 10.1 Å². The number of hydrogen-bond donors (Lipinski definition) is 2. The lowest BCUT2D eigenvalue weighted by Crippen LogP contribution is -2.44. The van der Waals surface area contributed by atoms with Crippen molar-refractivity contribution in [3.63, 3.8) is 0 Å². The van der Waals surface area contributed by atoms with Crippen molar-refractivity contribution in [2.75, 3.05) is 25.9 Å². The Kier molecular flexibility index (Phi) is 4.37. The summed E-state index contributed by atoms with van der Waals surface area (Å²) in [5.41, 5.74) is 5.75. The largest absolute Gasteiger partial charge is 0.396 e. The molecule has 4 nitrogen and oxygen atoms in total. The van der Waals surface area contributed by atoms with Crippen LogP contribution >= 0.6 is 0 Å². The van der Waals surface area contributed by atoms with E-state index in [0.717, 1.165) is 13.0 Å². The van der Waals surface area contributed by atoms with Crippen LogP contribution in [0.3, 0.4) is 0 Å². The van der Waals surface area contributed by atoms with Crippen LogP contribution in [0.2, 0.25) is 0 Å². The normalized spacial score (nSPS) is 20.2. The highest BCUT2D eigenvalue weighted by Gasteiger charge is 2.19. The number of likely N-dealkylation sites (N-methyl/N-ethyl adjacent to an activating group) is 1. The SMILES string of the molecule is CN1CCCCC1CNC(=O)c1ccc(N)c(F)c1. The summed E-state index contributed by atoms with van der Waals surface area (Å²) >= 11 is 0. The Morgan fingerprint density at radius 3 is 3.00 bits per heavy atom. The van der Waals surface area contributed by atoms with E-state index in [-0.39, 0.29) is 11.6 Å². The molecule has 2 rings (SSSR count). The molecular weight excluding hydrogens is 245 g/mol. The molecule has 1 unspecified atom stereocenters. The molecule has 0 bridgehead atoms. The number of benzene rings is 1. The summed E-state index contributed by atoms with van der Waals surface area (Å²) in [6.07, 6.45) is 3.50. The van der Waals surface area contributed by atoms with Crippen LogP contribution in [-0.4, -0.2) is 37.0 Å². The van der Waals surface area contributed by atoms with Crippen molar-refractivity contribution in [2.24, 2.45) is 0 Å². The molecule has 0 radical (unpaired) electrons. The molecule has 0 aliphatic carbocycles. The maximum atomic E-state index is 13.3. The van der Waals surface area contributed by atoms with E-state index in [0.29, 0.717) is 18.2 Å². The Morgan fingerprint density at radius 1 is 1.53 bits per heavy atom. The highest BCUT2D eigenvalue weighted by atomic mass is 19.1. The number of likely N-dealkylation sites (tertiary alicyclic amines) is 1. The van der Waals surface area contributed by atoms with Gasteiger partial charge in [0.05, 0.1) is 5.69 Å². The van der Waals surface area contributed by atoms with E-state index in [4.69, 9.17) is 5.73 Å². The summed E-state index contributed by atoms with van der Waals surface area (Å²) in [5, 5.41) is 2.86. The fourth-order valence-corrected chi connectivity index (χ4v) is 2.38. The zero-order chi connectivity index (χ0) is 13.8. The second-order valence-corrected chi connectivity index (χ2v) is 5.08.